The standard InChI is InChI=1S/C32H56N8.GeH4.2H2O/c1-2-10-18-17(9-1)25-33-26(18)38-28-21-13-5-6-14-22(21)30(35-28)40-32-24-16-8-7-15-23(24)31(36-32)39-29-20-12-4-3-11-19(20)27(34-29)37-25;;;/h17-40H,1-16H2;1H4;2*1H2. The molecule has 43 heavy (non-hydrogen) atoms. The van der Waals surface area contributed by atoms with E-state index in [9.17, 15) is 0 Å². The van der Waals surface area contributed by atoms with Gasteiger partial charge in [-0.25, -0.2) is 0 Å². The molecule has 0 radical (unpaired) electrons. The molecular formula is C32H64GeN8O2. The Labute approximate surface area is 269 Å². The van der Waals surface area contributed by atoms with E-state index in [-0.39, 0.29) is 28.5 Å². The molecule has 9 rings (SSSR count). The number of nitrogens with one attached hydrogen (secondary N) is 8. The molecule has 4 saturated carbocycles. The van der Waals surface area contributed by atoms with Crippen LogP contribution >= 0.6 is 0 Å². The van der Waals surface area contributed by atoms with Crippen LogP contribution in [0.3, 0.4) is 0 Å². The van der Waals surface area contributed by atoms with Crippen molar-refractivity contribution in [1.82, 2.24) is 42.5 Å². The van der Waals surface area contributed by atoms with E-state index < -0.39 is 0 Å². The molecule has 9 fully saturated rings. The molecule has 10 nitrogen and oxygen atoms in total. The molecule has 4 aliphatic carbocycles. The molecule has 8 atom stereocenters. The molecule has 8 unspecified atom stereocenters. The van der Waals surface area contributed by atoms with E-state index in [1.807, 2.05) is 0 Å². The summed E-state index contributed by atoms with van der Waals surface area (Å²) >= 11 is 0. The predicted molar refractivity (Wildman–Crippen MR) is 176 cm³/mol. The number of hydrogen-bond donors (Lipinski definition) is 8. The summed E-state index contributed by atoms with van der Waals surface area (Å²) in [5.74, 6) is 5.97. The Morgan fingerprint density at radius 2 is 0.349 bits per heavy atom. The van der Waals surface area contributed by atoms with Crippen molar-refractivity contribution in [3.8, 4) is 0 Å². The first-order chi connectivity index (χ1) is 19.8. The van der Waals surface area contributed by atoms with E-state index in [0.29, 0.717) is 49.3 Å². The summed E-state index contributed by atoms with van der Waals surface area (Å²) in [4.78, 5) is 0. The molecule has 0 amide bonds. The molecule has 248 valence electrons. The summed E-state index contributed by atoms with van der Waals surface area (Å²) in [7, 11) is 0. The van der Waals surface area contributed by atoms with Gasteiger partial charge >= 0.3 is 17.6 Å². The van der Waals surface area contributed by atoms with Crippen molar-refractivity contribution in [3.63, 3.8) is 0 Å². The summed E-state index contributed by atoms with van der Waals surface area (Å²) in [6, 6.07) is 0. The van der Waals surface area contributed by atoms with Gasteiger partial charge in [0.2, 0.25) is 0 Å². The van der Waals surface area contributed by atoms with Crippen LogP contribution in [0.25, 0.3) is 0 Å². The molecule has 5 heterocycles. The minimum atomic E-state index is 0. The van der Waals surface area contributed by atoms with Gasteiger partial charge in [-0.15, -0.1) is 0 Å². The molecular weight excluding hydrogens is 601 g/mol. The van der Waals surface area contributed by atoms with Crippen molar-refractivity contribution in [3.05, 3.63) is 0 Å². The third kappa shape index (κ3) is 5.81. The van der Waals surface area contributed by atoms with E-state index in [4.69, 9.17) is 0 Å². The summed E-state index contributed by atoms with van der Waals surface area (Å²) in [5.41, 5.74) is 0. The maximum absolute atomic E-state index is 4.26. The van der Waals surface area contributed by atoms with E-state index in [1.54, 1.807) is 0 Å². The van der Waals surface area contributed by atoms with Crippen molar-refractivity contribution >= 4 is 17.6 Å². The van der Waals surface area contributed by atoms with Crippen molar-refractivity contribution in [2.75, 3.05) is 0 Å². The molecule has 0 aromatic rings. The fourth-order valence-electron chi connectivity index (χ4n) is 12.0. The van der Waals surface area contributed by atoms with Crippen molar-refractivity contribution in [1.29, 1.82) is 0 Å². The number of fused-ring (bicyclic) bond motifs is 20. The van der Waals surface area contributed by atoms with Crippen LogP contribution in [0.15, 0.2) is 0 Å². The average Bonchev–Trinajstić information content (AvgIpc) is 3.73. The number of rotatable bonds is 0. The second kappa shape index (κ2) is 13.7. The fourth-order valence-corrected chi connectivity index (χ4v) is 12.0. The Morgan fingerprint density at radius 1 is 0.233 bits per heavy atom. The van der Waals surface area contributed by atoms with E-state index in [0.717, 1.165) is 47.3 Å². The fraction of sp³-hybridized carbons (Fsp3) is 1.00. The zero-order chi connectivity index (χ0) is 26.2. The van der Waals surface area contributed by atoms with Crippen LogP contribution < -0.4 is 42.5 Å². The quantitative estimate of drug-likeness (QED) is 0.161. The Hall–Kier alpha value is 0.143. The van der Waals surface area contributed by atoms with Gasteiger partial charge in [0.05, 0.1) is 49.3 Å². The van der Waals surface area contributed by atoms with Gasteiger partial charge in [0.25, 0.3) is 0 Å². The summed E-state index contributed by atoms with van der Waals surface area (Å²) in [6.45, 7) is 0. The van der Waals surface area contributed by atoms with Gasteiger partial charge in [0.1, 0.15) is 0 Å². The van der Waals surface area contributed by atoms with Gasteiger partial charge in [0, 0.05) is 0 Å². The molecule has 0 aromatic carbocycles. The van der Waals surface area contributed by atoms with Crippen LogP contribution in [0.5, 0.6) is 0 Å². The second-order valence-electron chi connectivity index (χ2n) is 15.6. The number of hydrogen-bond acceptors (Lipinski definition) is 8. The van der Waals surface area contributed by atoms with Crippen LogP contribution in [-0.2, 0) is 0 Å². The van der Waals surface area contributed by atoms with Crippen molar-refractivity contribution < 1.29 is 11.0 Å². The topological polar surface area (TPSA) is 159 Å². The van der Waals surface area contributed by atoms with Gasteiger partial charge in [-0.3, -0.25) is 42.5 Å². The monoisotopic (exact) mass is 666 g/mol. The Bertz CT molecular complexity index is 728. The summed E-state index contributed by atoms with van der Waals surface area (Å²) in [6.07, 6.45) is 25.6. The molecule has 12 N–H and O–H groups in total. The molecule has 5 aliphatic heterocycles. The SMILES string of the molecule is C1CCC2C3NC(NC4NC(NC5NC(NC6NC(N3)C3CCCCC63)C3CCCCC53)C3CCCCC43)C2C1.O.O.[GeH4]. The Kier molecular flexibility index (Phi) is 10.5. The van der Waals surface area contributed by atoms with Gasteiger partial charge in [-0.05, 0) is 98.7 Å². The maximum atomic E-state index is 4.26. The third-order valence-electron chi connectivity index (χ3n) is 13.8. The molecule has 5 saturated heterocycles. The zero-order valence-electron chi connectivity index (χ0n) is 25.6. The first-order valence-corrected chi connectivity index (χ1v) is 17.9. The van der Waals surface area contributed by atoms with Gasteiger partial charge < -0.3 is 11.0 Å². The van der Waals surface area contributed by atoms with Crippen molar-refractivity contribution in [2.45, 2.75) is 152 Å². The van der Waals surface area contributed by atoms with Crippen LogP contribution in [0, 0.1) is 47.3 Å². The van der Waals surface area contributed by atoms with Gasteiger partial charge in [0.15, 0.2) is 0 Å². The average molecular weight is 666 g/mol. The van der Waals surface area contributed by atoms with Crippen LogP contribution in [-0.4, -0.2) is 77.9 Å². The molecule has 0 spiro atoms. The third-order valence-corrected chi connectivity index (χ3v) is 13.8. The summed E-state index contributed by atoms with van der Waals surface area (Å²) in [5, 5.41) is 33.8. The van der Waals surface area contributed by atoms with E-state index in [2.05, 4.69) is 42.5 Å². The first kappa shape index (κ1) is 33.1. The minimum absolute atomic E-state index is 0. The normalized spacial score (nSPS) is 53.6. The first-order valence-electron chi connectivity index (χ1n) is 17.9. The summed E-state index contributed by atoms with van der Waals surface area (Å²) < 4.78 is 0. The van der Waals surface area contributed by atoms with Crippen LogP contribution in [0.4, 0.5) is 0 Å². The molecule has 0 aromatic heterocycles. The van der Waals surface area contributed by atoms with Crippen LogP contribution in [0.2, 0.25) is 0 Å². The Balaban J connectivity index is 0.00000110. The van der Waals surface area contributed by atoms with Crippen molar-refractivity contribution in [2.24, 2.45) is 47.3 Å². The molecule has 9 aliphatic rings. The van der Waals surface area contributed by atoms with Gasteiger partial charge in [-0.2, -0.15) is 0 Å². The van der Waals surface area contributed by atoms with Crippen LogP contribution in [0.1, 0.15) is 103 Å². The van der Waals surface area contributed by atoms with E-state index in [1.165, 1.54) is 103 Å². The predicted octanol–water partition coefficient (Wildman–Crippen LogP) is -0.495. The van der Waals surface area contributed by atoms with E-state index >= 15 is 0 Å². The van der Waals surface area contributed by atoms with Gasteiger partial charge in [-0.1, -0.05) is 51.4 Å². The zero-order valence-corrected chi connectivity index (χ0v) is 25.6. The Morgan fingerprint density at radius 3 is 0.465 bits per heavy atom. The molecule has 11 heteroatoms. The molecule has 8 bridgehead atoms. The second-order valence-corrected chi connectivity index (χ2v) is 15.6.